The van der Waals surface area contributed by atoms with Gasteiger partial charge in [-0.3, -0.25) is 14.5 Å². The Bertz CT molecular complexity index is 1000. The van der Waals surface area contributed by atoms with Crippen LogP contribution in [0.4, 0.5) is 18.9 Å². The molecule has 0 bridgehead atoms. The number of benzene rings is 1. The standard InChI is InChI=1S/C21H25F3N6O.HI/c1-25-19(29-8-9-30(18(31)13-29)17-11-27-28(2)12-17)26-14-20(6-7-20)15-4-3-5-16(10-15)21(22,23)24;/h3-5,10-12H,6-9,13-14H2,1-2H3,(H,25,26);1H. The molecule has 1 saturated heterocycles. The number of aryl methyl sites for hydroxylation is 1. The highest BCUT2D eigenvalue weighted by atomic mass is 127. The minimum atomic E-state index is -4.36. The second-order valence-electron chi connectivity index (χ2n) is 8.10. The fourth-order valence-corrected chi connectivity index (χ4v) is 4.00. The van der Waals surface area contributed by atoms with E-state index < -0.39 is 11.7 Å². The zero-order valence-electron chi connectivity index (χ0n) is 17.9. The molecule has 1 aromatic heterocycles. The van der Waals surface area contributed by atoms with Crippen LogP contribution < -0.4 is 10.2 Å². The van der Waals surface area contributed by atoms with Gasteiger partial charge in [0.05, 0.1) is 17.4 Å². The molecule has 4 rings (SSSR count). The molecule has 2 aliphatic rings. The van der Waals surface area contributed by atoms with Gasteiger partial charge in [-0.1, -0.05) is 18.2 Å². The first-order valence-corrected chi connectivity index (χ1v) is 10.1. The van der Waals surface area contributed by atoms with E-state index in [4.69, 9.17) is 0 Å². The van der Waals surface area contributed by atoms with Gasteiger partial charge in [-0.15, -0.1) is 24.0 Å². The predicted molar refractivity (Wildman–Crippen MR) is 126 cm³/mol. The van der Waals surface area contributed by atoms with Crippen LogP contribution in [-0.2, 0) is 23.4 Å². The first kappa shape index (κ1) is 24.3. The Balaban J connectivity index is 0.00000289. The van der Waals surface area contributed by atoms with Crippen LogP contribution >= 0.6 is 24.0 Å². The molecular weight excluding hydrogens is 536 g/mol. The van der Waals surface area contributed by atoms with E-state index in [0.29, 0.717) is 31.2 Å². The average molecular weight is 562 g/mol. The molecule has 11 heteroatoms. The molecule has 32 heavy (non-hydrogen) atoms. The molecule has 7 nitrogen and oxygen atoms in total. The van der Waals surface area contributed by atoms with Gasteiger partial charge in [-0.05, 0) is 24.5 Å². The van der Waals surface area contributed by atoms with E-state index in [1.54, 1.807) is 42.1 Å². The number of piperazine rings is 1. The molecule has 0 unspecified atom stereocenters. The largest absolute Gasteiger partial charge is 0.416 e. The highest BCUT2D eigenvalue weighted by molar-refractivity contribution is 14.0. The van der Waals surface area contributed by atoms with E-state index in [2.05, 4.69) is 15.4 Å². The molecule has 1 aromatic carbocycles. The summed E-state index contributed by atoms with van der Waals surface area (Å²) in [5, 5.41) is 7.40. The Kier molecular flexibility index (Phi) is 7.06. The number of alkyl halides is 3. The lowest BCUT2D eigenvalue weighted by molar-refractivity contribution is -0.137. The van der Waals surface area contributed by atoms with Crippen molar-refractivity contribution in [1.29, 1.82) is 0 Å². The third-order valence-electron chi connectivity index (χ3n) is 5.98. The molecule has 1 aliphatic carbocycles. The van der Waals surface area contributed by atoms with Gasteiger partial charge in [-0.2, -0.15) is 18.3 Å². The van der Waals surface area contributed by atoms with Crippen molar-refractivity contribution in [3.05, 3.63) is 47.8 Å². The van der Waals surface area contributed by atoms with Crippen molar-refractivity contribution in [1.82, 2.24) is 20.0 Å². The minimum Gasteiger partial charge on any atom is -0.355 e. The van der Waals surface area contributed by atoms with Crippen LogP contribution in [0.1, 0.15) is 24.0 Å². The number of amides is 1. The molecule has 1 N–H and O–H groups in total. The van der Waals surface area contributed by atoms with E-state index in [-0.39, 0.29) is 41.8 Å². The Morgan fingerprint density at radius 2 is 2.03 bits per heavy atom. The first-order valence-electron chi connectivity index (χ1n) is 10.1. The normalized spacial score (nSPS) is 18.4. The number of aliphatic imine (C=N–C) groups is 1. The van der Waals surface area contributed by atoms with Crippen LogP contribution in [0.5, 0.6) is 0 Å². The summed E-state index contributed by atoms with van der Waals surface area (Å²) in [7, 11) is 3.44. The van der Waals surface area contributed by atoms with Crippen molar-refractivity contribution >= 4 is 41.5 Å². The van der Waals surface area contributed by atoms with Crippen LogP contribution in [0, 0.1) is 0 Å². The van der Waals surface area contributed by atoms with E-state index >= 15 is 0 Å². The minimum absolute atomic E-state index is 0. The summed E-state index contributed by atoms with van der Waals surface area (Å²) in [6, 6.07) is 5.55. The van der Waals surface area contributed by atoms with Gasteiger partial charge in [-0.25, -0.2) is 0 Å². The summed E-state index contributed by atoms with van der Waals surface area (Å²) in [5.74, 6) is 0.527. The van der Waals surface area contributed by atoms with Gasteiger partial charge in [0.1, 0.15) is 6.54 Å². The number of hydrogen-bond acceptors (Lipinski definition) is 3. The number of nitrogens with one attached hydrogen (secondary N) is 1. The zero-order valence-corrected chi connectivity index (χ0v) is 20.2. The molecule has 2 heterocycles. The van der Waals surface area contributed by atoms with E-state index in [1.165, 1.54) is 12.1 Å². The number of carbonyl (C=O) groups excluding carboxylic acids is 1. The van der Waals surface area contributed by atoms with Crippen LogP contribution in [0.3, 0.4) is 0 Å². The molecule has 2 aromatic rings. The summed E-state index contributed by atoms with van der Waals surface area (Å²) >= 11 is 0. The molecular formula is C21H26F3IN6O. The number of hydrogen-bond donors (Lipinski definition) is 1. The number of rotatable bonds is 4. The van der Waals surface area contributed by atoms with Crippen molar-refractivity contribution in [3.63, 3.8) is 0 Å². The van der Waals surface area contributed by atoms with Crippen LogP contribution in [0.2, 0.25) is 0 Å². The maximum Gasteiger partial charge on any atom is 0.416 e. The Morgan fingerprint density at radius 1 is 1.28 bits per heavy atom. The van der Waals surface area contributed by atoms with Crippen LogP contribution in [-0.4, -0.2) is 59.8 Å². The highest BCUT2D eigenvalue weighted by Crippen LogP contribution is 2.48. The van der Waals surface area contributed by atoms with Crippen molar-refractivity contribution in [3.8, 4) is 0 Å². The number of aromatic nitrogens is 2. The Morgan fingerprint density at radius 3 is 2.59 bits per heavy atom. The van der Waals surface area contributed by atoms with Crippen molar-refractivity contribution in [2.45, 2.75) is 24.4 Å². The Hall–Kier alpha value is -2.31. The maximum atomic E-state index is 13.1. The fourth-order valence-electron chi connectivity index (χ4n) is 4.00. The molecule has 2 fully saturated rings. The number of anilines is 1. The number of guanidine groups is 1. The van der Waals surface area contributed by atoms with Gasteiger partial charge >= 0.3 is 6.18 Å². The van der Waals surface area contributed by atoms with Crippen LogP contribution in [0.25, 0.3) is 0 Å². The van der Waals surface area contributed by atoms with Gasteiger partial charge < -0.3 is 15.1 Å². The van der Waals surface area contributed by atoms with E-state index in [1.807, 2.05) is 4.90 Å². The summed E-state index contributed by atoms with van der Waals surface area (Å²) < 4.78 is 40.9. The lowest BCUT2D eigenvalue weighted by atomic mass is 9.94. The third kappa shape index (κ3) is 5.02. The molecule has 0 atom stereocenters. The first-order chi connectivity index (χ1) is 14.7. The summed E-state index contributed by atoms with van der Waals surface area (Å²) in [6.45, 7) is 1.74. The Labute approximate surface area is 201 Å². The average Bonchev–Trinajstić information content (AvgIpc) is 3.41. The zero-order chi connectivity index (χ0) is 22.2. The molecule has 1 saturated carbocycles. The molecule has 0 spiro atoms. The summed E-state index contributed by atoms with van der Waals surface area (Å²) in [6.07, 6.45) is 0.723. The van der Waals surface area contributed by atoms with Crippen molar-refractivity contribution < 1.29 is 18.0 Å². The second-order valence-corrected chi connectivity index (χ2v) is 8.10. The van der Waals surface area contributed by atoms with Crippen molar-refractivity contribution in [2.75, 3.05) is 38.1 Å². The number of carbonyl (C=O) groups is 1. The van der Waals surface area contributed by atoms with E-state index in [9.17, 15) is 18.0 Å². The monoisotopic (exact) mass is 562 g/mol. The SMILES string of the molecule is CN=C(NCC1(c2cccc(C(F)(F)F)c2)CC1)N1CCN(c2cnn(C)c2)C(=O)C1.I. The number of nitrogens with zero attached hydrogens (tertiary/aromatic N) is 5. The summed E-state index contributed by atoms with van der Waals surface area (Å²) in [4.78, 5) is 20.5. The van der Waals surface area contributed by atoms with Gasteiger partial charge in [0.15, 0.2) is 5.96 Å². The molecule has 1 amide bonds. The summed E-state index contributed by atoms with van der Waals surface area (Å²) in [5.41, 5.74) is 0.482. The molecule has 0 radical (unpaired) electrons. The smallest absolute Gasteiger partial charge is 0.355 e. The maximum absolute atomic E-state index is 13.1. The van der Waals surface area contributed by atoms with Gasteiger partial charge in [0.2, 0.25) is 5.91 Å². The van der Waals surface area contributed by atoms with Crippen LogP contribution in [0.15, 0.2) is 41.7 Å². The second kappa shape index (κ2) is 9.28. The predicted octanol–water partition coefficient (Wildman–Crippen LogP) is 3.01. The quantitative estimate of drug-likeness (QED) is 0.354. The highest BCUT2D eigenvalue weighted by Gasteiger charge is 2.45. The molecule has 174 valence electrons. The third-order valence-corrected chi connectivity index (χ3v) is 5.98. The topological polar surface area (TPSA) is 65.8 Å². The van der Waals surface area contributed by atoms with Crippen molar-refractivity contribution in [2.24, 2.45) is 12.0 Å². The van der Waals surface area contributed by atoms with Gasteiger partial charge in [0, 0.05) is 45.3 Å². The van der Waals surface area contributed by atoms with E-state index in [0.717, 1.165) is 24.6 Å². The molecule has 1 aliphatic heterocycles. The fraction of sp³-hybridized carbons (Fsp3) is 0.476. The lowest BCUT2D eigenvalue weighted by Gasteiger charge is -2.35. The lowest BCUT2D eigenvalue weighted by Crippen LogP contribution is -2.56. The number of halogens is 4. The van der Waals surface area contributed by atoms with Gasteiger partial charge in [0.25, 0.3) is 0 Å².